The number of carbonyl (C=O) groups excluding carboxylic acids is 2. The Kier molecular flexibility index (Phi) is 6.23. The number of piperidine rings is 1. The van der Waals surface area contributed by atoms with E-state index in [1.54, 1.807) is 13.0 Å². The number of alkyl halides is 3. The van der Waals surface area contributed by atoms with Crippen LogP contribution in [-0.4, -0.2) is 35.9 Å². The molecule has 1 aromatic carbocycles. The molecule has 2 heterocycles. The standard InChI is InChI=1S/C20H20F4N4O2/c1-12-2-4-15(21)16(10-12)27-19(30)18(29)26-14-6-8-28(9-7-14)17-5-3-13(11-25-17)20(22,23)24/h2-5,10-11,14H,6-9H2,1H3,(H,26,29)(H,27,30). The van der Waals surface area contributed by atoms with Crippen molar-refractivity contribution in [1.82, 2.24) is 10.3 Å². The van der Waals surface area contributed by atoms with E-state index < -0.39 is 29.4 Å². The second-order valence-corrected chi connectivity index (χ2v) is 7.08. The quantitative estimate of drug-likeness (QED) is 0.586. The molecule has 6 nitrogen and oxygen atoms in total. The fraction of sp³-hybridized carbons (Fsp3) is 0.350. The van der Waals surface area contributed by atoms with Gasteiger partial charge < -0.3 is 15.5 Å². The van der Waals surface area contributed by atoms with Gasteiger partial charge in [-0.1, -0.05) is 6.07 Å². The van der Waals surface area contributed by atoms with E-state index >= 15 is 0 Å². The van der Waals surface area contributed by atoms with Crippen molar-refractivity contribution in [3.63, 3.8) is 0 Å². The first-order valence-corrected chi connectivity index (χ1v) is 9.29. The summed E-state index contributed by atoms with van der Waals surface area (Å²) in [6.07, 6.45) is -2.68. The minimum atomic E-state index is -4.44. The zero-order valence-electron chi connectivity index (χ0n) is 16.1. The predicted molar refractivity (Wildman–Crippen MR) is 102 cm³/mol. The molecule has 160 valence electrons. The highest BCUT2D eigenvalue weighted by atomic mass is 19.4. The lowest BCUT2D eigenvalue weighted by Crippen LogP contribution is -2.48. The number of aryl methyl sites for hydroxylation is 1. The van der Waals surface area contributed by atoms with Crippen molar-refractivity contribution in [2.24, 2.45) is 0 Å². The van der Waals surface area contributed by atoms with Gasteiger partial charge in [-0.3, -0.25) is 9.59 Å². The Balaban J connectivity index is 1.51. The maximum absolute atomic E-state index is 13.7. The SMILES string of the molecule is Cc1ccc(F)c(NC(=O)C(=O)NC2CCN(c3ccc(C(F)(F)F)cn3)CC2)c1. The number of halogens is 4. The summed E-state index contributed by atoms with van der Waals surface area (Å²) in [5.74, 6) is -2.06. The second-order valence-electron chi connectivity index (χ2n) is 7.08. The number of anilines is 2. The van der Waals surface area contributed by atoms with Crippen LogP contribution in [0.3, 0.4) is 0 Å². The van der Waals surface area contributed by atoms with Gasteiger partial charge in [0.05, 0.1) is 11.3 Å². The molecule has 0 saturated carbocycles. The van der Waals surface area contributed by atoms with E-state index in [4.69, 9.17) is 0 Å². The average Bonchev–Trinajstić information content (AvgIpc) is 2.70. The van der Waals surface area contributed by atoms with Gasteiger partial charge in [0.1, 0.15) is 11.6 Å². The summed E-state index contributed by atoms with van der Waals surface area (Å²) in [4.78, 5) is 29.8. The van der Waals surface area contributed by atoms with Crippen molar-refractivity contribution in [2.75, 3.05) is 23.3 Å². The maximum Gasteiger partial charge on any atom is 0.417 e. The van der Waals surface area contributed by atoms with Crippen LogP contribution in [0.25, 0.3) is 0 Å². The molecule has 1 aromatic heterocycles. The van der Waals surface area contributed by atoms with E-state index in [1.807, 2.05) is 4.90 Å². The molecule has 0 unspecified atom stereocenters. The molecule has 2 N–H and O–H groups in total. The Morgan fingerprint density at radius 2 is 1.80 bits per heavy atom. The summed E-state index contributed by atoms with van der Waals surface area (Å²) in [6, 6.07) is 6.18. The van der Waals surface area contributed by atoms with E-state index in [1.165, 1.54) is 18.2 Å². The summed E-state index contributed by atoms with van der Waals surface area (Å²) < 4.78 is 51.6. The van der Waals surface area contributed by atoms with Crippen LogP contribution in [0, 0.1) is 12.7 Å². The first-order chi connectivity index (χ1) is 14.1. The number of pyridine rings is 1. The highest BCUT2D eigenvalue weighted by Crippen LogP contribution is 2.29. The molecular formula is C20H20F4N4O2. The molecule has 2 amide bonds. The van der Waals surface area contributed by atoms with Crippen LogP contribution in [0.1, 0.15) is 24.0 Å². The summed E-state index contributed by atoms with van der Waals surface area (Å²) in [6.45, 7) is 2.64. The topological polar surface area (TPSA) is 74.3 Å². The number of benzene rings is 1. The Labute approximate surface area is 170 Å². The number of nitrogens with zero attached hydrogens (tertiary/aromatic N) is 2. The van der Waals surface area contributed by atoms with Crippen LogP contribution < -0.4 is 15.5 Å². The number of nitrogens with one attached hydrogen (secondary N) is 2. The molecule has 1 fully saturated rings. The van der Waals surface area contributed by atoms with E-state index in [2.05, 4.69) is 15.6 Å². The zero-order valence-corrected chi connectivity index (χ0v) is 16.1. The second kappa shape index (κ2) is 8.68. The average molecular weight is 424 g/mol. The van der Waals surface area contributed by atoms with Crippen LogP contribution in [0.5, 0.6) is 0 Å². The van der Waals surface area contributed by atoms with Crippen LogP contribution in [0.2, 0.25) is 0 Å². The van der Waals surface area contributed by atoms with Crippen molar-refractivity contribution < 1.29 is 27.2 Å². The predicted octanol–water partition coefficient (Wildman–Crippen LogP) is 3.27. The molecular weight excluding hydrogens is 404 g/mol. The molecule has 1 aliphatic heterocycles. The van der Waals surface area contributed by atoms with Gasteiger partial charge in [0.15, 0.2) is 0 Å². The van der Waals surface area contributed by atoms with Gasteiger partial charge >= 0.3 is 18.0 Å². The van der Waals surface area contributed by atoms with E-state index in [0.29, 0.717) is 31.7 Å². The Hall–Kier alpha value is -3.17. The van der Waals surface area contributed by atoms with Gasteiger partial charge in [-0.15, -0.1) is 0 Å². The molecule has 0 aliphatic carbocycles. The van der Waals surface area contributed by atoms with Crippen molar-refractivity contribution in [2.45, 2.75) is 32.0 Å². The van der Waals surface area contributed by atoms with Gasteiger partial charge in [0.25, 0.3) is 0 Å². The maximum atomic E-state index is 13.7. The van der Waals surface area contributed by atoms with Gasteiger partial charge in [-0.05, 0) is 49.6 Å². The summed E-state index contributed by atoms with van der Waals surface area (Å²) in [5.41, 5.74) is -0.154. The largest absolute Gasteiger partial charge is 0.417 e. The Morgan fingerprint density at radius 3 is 2.40 bits per heavy atom. The number of aromatic nitrogens is 1. The minimum absolute atomic E-state index is 0.0710. The molecule has 0 bridgehead atoms. The Morgan fingerprint density at radius 1 is 1.10 bits per heavy atom. The van der Waals surface area contributed by atoms with Gasteiger partial charge in [-0.2, -0.15) is 13.2 Å². The third-order valence-corrected chi connectivity index (χ3v) is 4.81. The lowest BCUT2D eigenvalue weighted by molar-refractivity contribution is -0.137. The lowest BCUT2D eigenvalue weighted by Gasteiger charge is -2.33. The molecule has 3 rings (SSSR count). The van der Waals surface area contributed by atoms with Crippen molar-refractivity contribution in [1.29, 1.82) is 0 Å². The molecule has 1 saturated heterocycles. The summed E-state index contributed by atoms with van der Waals surface area (Å²) in [7, 11) is 0. The van der Waals surface area contributed by atoms with Gasteiger partial charge in [0, 0.05) is 25.3 Å². The Bertz CT molecular complexity index is 923. The fourth-order valence-electron chi connectivity index (χ4n) is 3.16. The van der Waals surface area contributed by atoms with E-state index in [0.717, 1.165) is 17.8 Å². The fourth-order valence-corrected chi connectivity index (χ4v) is 3.16. The number of carbonyl (C=O) groups is 2. The summed E-state index contributed by atoms with van der Waals surface area (Å²) in [5, 5.41) is 4.86. The zero-order chi connectivity index (χ0) is 21.9. The first kappa shape index (κ1) is 21.5. The van der Waals surface area contributed by atoms with Crippen LogP contribution >= 0.6 is 0 Å². The third kappa shape index (κ3) is 5.25. The molecule has 10 heteroatoms. The molecule has 1 aliphatic rings. The monoisotopic (exact) mass is 424 g/mol. The van der Waals surface area contributed by atoms with E-state index in [-0.39, 0.29) is 11.7 Å². The van der Waals surface area contributed by atoms with E-state index in [9.17, 15) is 27.2 Å². The van der Waals surface area contributed by atoms with Crippen LogP contribution in [0.4, 0.5) is 29.1 Å². The molecule has 30 heavy (non-hydrogen) atoms. The van der Waals surface area contributed by atoms with Crippen molar-refractivity contribution in [3.8, 4) is 0 Å². The molecule has 2 aromatic rings. The molecule has 0 radical (unpaired) electrons. The number of hydrogen-bond donors (Lipinski definition) is 2. The lowest BCUT2D eigenvalue weighted by atomic mass is 10.0. The highest BCUT2D eigenvalue weighted by molar-refractivity contribution is 6.39. The number of rotatable bonds is 3. The number of hydrogen-bond acceptors (Lipinski definition) is 4. The van der Waals surface area contributed by atoms with Gasteiger partial charge in [0.2, 0.25) is 0 Å². The minimum Gasteiger partial charge on any atom is -0.356 e. The van der Waals surface area contributed by atoms with Gasteiger partial charge in [-0.25, -0.2) is 9.37 Å². The molecule has 0 spiro atoms. The number of amides is 2. The van der Waals surface area contributed by atoms with Crippen molar-refractivity contribution in [3.05, 3.63) is 53.5 Å². The third-order valence-electron chi connectivity index (χ3n) is 4.81. The molecule has 0 atom stereocenters. The smallest absolute Gasteiger partial charge is 0.356 e. The first-order valence-electron chi connectivity index (χ1n) is 9.29. The normalized spacial score (nSPS) is 15.0. The van der Waals surface area contributed by atoms with Crippen molar-refractivity contribution >= 4 is 23.3 Å². The van der Waals surface area contributed by atoms with Crippen LogP contribution in [0.15, 0.2) is 36.5 Å². The highest BCUT2D eigenvalue weighted by Gasteiger charge is 2.31. The summed E-state index contributed by atoms with van der Waals surface area (Å²) >= 11 is 0. The van der Waals surface area contributed by atoms with Crippen LogP contribution in [-0.2, 0) is 15.8 Å².